The summed E-state index contributed by atoms with van der Waals surface area (Å²) in [4.78, 5) is 0. The molecule has 0 bridgehead atoms. The lowest BCUT2D eigenvalue weighted by molar-refractivity contribution is -0.0157. The maximum Gasteiger partial charge on any atom is 0.0786 e. The van der Waals surface area contributed by atoms with Crippen LogP contribution in [-0.2, 0) is 0 Å². The summed E-state index contributed by atoms with van der Waals surface area (Å²) in [5, 5.41) is 17.9. The normalized spacial score (nSPS) is 37.2. The van der Waals surface area contributed by atoms with Crippen molar-refractivity contribution in [1.82, 2.24) is 10.6 Å². The summed E-state index contributed by atoms with van der Waals surface area (Å²) in [5.41, 5.74) is -0.567. The minimum Gasteiger partial charge on any atom is -0.388 e. The molecule has 0 aliphatic carbocycles. The molecule has 0 aromatic carbocycles. The number of hydrogen-bond acceptors (Lipinski definition) is 3. The molecule has 106 valence electrons. The average molecular weight is 254 g/mol. The molecule has 2 aliphatic rings. The Bertz CT molecular complexity index is 249. The minimum atomic E-state index is -0.567. The molecule has 3 N–H and O–H groups in total. The molecule has 2 fully saturated rings. The van der Waals surface area contributed by atoms with Gasteiger partial charge >= 0.3 is 0 Å². The molecule has 0 amide bonds. The van der Waals surface area contributed by atoms with E-state index < -0.39 is 5.60 Å². The van der Waals surface area contributed by atoms with E-state index in [1.54, 1.807) is 0 Å². The van der Waals surface area contributed by atoms with E-state index in [2.05, 4.69) is 17.6 Å². The summed E-state index contributed by atoms with van der Waals surface area (Å²) in [6.45, 7) is 6.48. The van der Waals surface area contributed by atoms with Crippen LogP contribution in [0.25, 0.3) is 0 Å². The Morgan fingerprint density at radius 1 is 1.17 bits per heavy atom. The van der Waals surface area contributed by atoms with Gasteiger partial charge < -0.3 is 15.7 Å². The van der Waals surface area contributed by atoms with Crippen LogP contribution in [0.2, 0.25) is 0 Å². The first-order chi connectivity index (χ1) is 8.62. The molecule has 2 aliphatic heterocycles. The zero-order chi connectivity index (χ0) is 13.0. The maximum atomic E-state index is 10.8. The fourth-order valence-electron chi connectivity index (χ4n) is 3.58. The van der Waals surface area contributed by atoms with Gasteiger partial charge in [-0.05, 0) is 58.0 Å². The standard InChI is InChI=1S/C15H30N2O/c1-3-12-7-9-17-14(10-12)15(2,18)11-13-6-4-5-8-16-13/h12-14,16-18H,3-11H2,1-2H3. The largest absolute Gasteiger partial charge is 0.388 e. The van der Waals surface area contributed by atoms with Crippen LogP contribution in [0.3, 0.4) is 0 Å². The number of hydrogen-bond donors (Lipinski definition) is 3. The number of aliphatic hydroxyl groups is 1. The van der Waals surface area contributed by atoms with Crippen LogP contribution in [0.5, 0.6) is 0 Å². The molecule has 0 radical (unpaired) electrons. The van der Waals surface area contributed by atoms with Gasteiger partial charge in [0.25, 0.3) is 0 Å². The van der Waals surface area contributed by atoms with Gasteiger partial charge in [0.15, 0.2) is 0 Å². The van der Waals surface area contributed by atoms with Crippen LogP contribution in [-0.4, -0.2) is 35.9 Å². The molecule has 4 atom stereocenters. The molecule has 2 saturated heterocycles. The van der Waals surface area contributed by atoms with Crippen molar-refractivity contribution in [3.63, 3.8) is 0 Å². The van der Waals surface area contributed by atoms with Crippen molar-refractivity contribution in [2.75, 3.05) is 13.1 Å². The summed E-state index contributed by atoms with van der Waals surface area (Å²) in [7, 11) is 0. The first-order valence-corrected chi connectivity index (χ1v) is 7.81. The van der Waals surface area contributed by atoms with Crippen LogP contribution < -0.4 is 10.6 Å². The molecule has 4 unspecified atom stereocenters. The Labute approximate surface area is 112 Å². The molecule has 0 aromatic rings. The first kappa shape index (κ1) is 14.3. The molecule has 2 heterocycles. The van der Waals surface area contributed by atoms with E-state index in [1.165, 1.54) is 32.1 Å². The van der Waals surface area contributed by atoms with Crippen molar-refractivity contribution < 1.29 is 5.11 Å². The highest BCUT2D eigenvalue weighted by Crippen LogP contribution is 2.29. The van der Waals surface area contributed by atoms with Crippen molar-refractivity contribution in [2.24, 2.45) is 5.92 Å². The molecule has 0 aromatic heterocycles. The van der Waals surface area contributed by atoms with Gasteiger partial charge in [-0.15, -0.1) is 0 Å². The zero-order valence-corrected chi connectivity index (χ0v) is 12.0. The van der Waals surface area contributed by atoms with Crippen molar-refractivity contribution >= 4 is 0 Å². The molecule has 18 heavy (non-hydrogen) atoms. The quantitative estimate of drug-likeness (QED) is 0.719. The van der Waals surface area contributed by atoms with E-state index in [4.69, 9.17) is 0 Å². The topological polar surface area (TPSA) is 44.3 Å². The first-order valence-electron chi connectivity index (χ1n) is 7.81. The lowest BCUT2D eigenvalue weighted by atomic mass is 9.79. The van der Waals surface area contributed by atoms with Crippen molar-refractivity contribution in [3.05, 3.63) is 0 Å². The lowest BCUT2D eigenvalue weighted by Gasteiger charge is -2.41. The Morgan fingerprint density at radius 2 is 2.00 bits per heavy atom. The van der Waals surface area contributed by atoms with Crippen molar-refractivity contribution in [3.8, 4) is 0 Å². The summed E-state index contributed by atoms with van der Waals surface area (Å²) < 4.78 is 0. The highest BCUT2D eigenvalue weighted by Gasteiger charge is 2.37. The maximum absolute atomic E-state index is 10.8. The fraction of sp³-hybridized carbons (Fsp3) is 1.00. The van der Waals surface area contributed by atoms with Crippen LogP contribution in [0.1, 0.15) is 58.8 Å². The van der Waals surface area contributed by atoms with Crippen LogP contribution in [0.4, 0.5) is 0 Å². The summed E-state index contributed by atoms with van der Waals surface area (Å²) >= 11 is 0. The van der Waals surface area contributed by atoms with Crippen LogP contribution in [0, 0.1) is 5.92 Å². The number of piperidine rings is 2. The number of nitrogens with one attached hydrogen (secondary N) is 2. The van der Waals surface area contributed by atoms with E-state index >= 15 is 0 Å². The van der Waals surface area contributed by atoms with E-state index in [0.717, 1.165) is 31.8 Å². The second-order valence-electron chi connectivity index (χ2n) is 6.51. The van der Waals surface area contributed by atoms with Gasteiger partial charge in [-0.1, -0.05) is 19.8 Å². The minimum absolute atomic E-state index is 0.278. The van der Waals surface area contributed by atoms with Gasteiger partial charge in [0.1, 0.15) is 0 Å². The monoisotopic (exact) mass is 254 g/mol. The SMILES string of the molecule is CCC1CCNC(C(C)(O)CC2CCCCN2)C1. The summed E-state index contributed by atoms with van der Waals surface area (Å²) in [6, 6.07) is 0.789. The van der Waals surface area contributed by atoms with E-state index in [9.17, 15) is 5.11 Å². The Kier molecular flexibility index (Phi) is 5.05. The van der Waals surface area contributed by atoms with E-state index in [0.29, 0.717) is 6.04 Å². The second kappa shape index (κ2) is 6.36. The van der Waals surface area contributed by atoms with E-state index in [-0.39, 0.29) is 6.04 Å². The van der Waals surface area contributed by atoms with Gasteiger partial charge in [-0.3, -0.25) is 0 Å². The van der Waals surface area contributed by atoms with E-state index in [1.807, 2.05) is 6.92 Å². The molecular weight excluding hydrogens is 224 g/mol. The van der Waals surface area contributed by atoms with Crippen LogP contribution in [0.15, 0.2) is 0 Å². The second-order valence-corrected chi connectivity index (χ2v) is 6.51. The van der Waals surface area contributed by atoms with Crippen molar-refractivity contribution in [1.29, 1.82) is 0 Å². The zero-order valence-electron chi connectivity index (χ0n) is 12.0. The molecular formula is C15H30N2O. The van der Waals surface area contributed by atoms with Gasteiger partial charge in [-0.2, -0.15) is 0 Å². The third-order valence-corrected chi connectivity index (χ3v) is 4.91. The highest BCUT2D eigenvalue weighted by atomic mass is 16.3. The predicted octanol–water partition coefficient (Wildman–Crippen LogP) is 2.05. The predicted molar refractivity (Wildman–Crippen MR) is 75.7 cm³/mol. The lowest BCUT2D eigenvalue weighted by Crippen LogP contribution is -2.55. The van der Waals surface area contributed by atoms with Crippen LogP contribution >= 0.6 is 0 Å². The summed E-state index contributed by atoms with van der Waals surface area (Å²) in [6.07, 6.45) is 8.36. The molecule has 0 saturated carbocycles. The van der Waals surface area contributed by atoms with Gasteiger partial charge in [0.2, 0.25) is 0 Å². The Balaban J connectivity index is 1.87. The molecule has 3 nitrogen and oxygen atoms in total. The van der Waals surface area contributed by atoms with Gasteiger partial charge in [0, 0.05) is 12.1 Å². The molecule has 2 rings (SSSR count). The van der Waals surface area contributed by atoms with Gasteiger partial charge in [-0.25, -0.2) is 0 Å². The third kappa shape index (κ3) is 3.69. The third-order valence-electron chi connectivity index (χ3n) is 4.91. The average Bonchev–Trinajstić information content (AvgIpc) is 2.39. The summed E-state index contributed by atoms with van der Waals surface area (Å²) in [5.74, 6) is 0.794. The molecule has 3 heteroatoms. The fourth-order valence-corrected chi connectivity index (χ4v) is 3.58. The Hall–Kier alpha value is -0.120. The highest BCUT2D eigenvalue weighted by molar-refractivity contribution is 4.95. The molecule has 0 spiro atoms. The van der Waals surface area contributed by atoms with Crippen molar-refractivity contribution in [2.45, 2.75) is 76.5 Å². The number of rotatable bonds is 4. The Morgan fingerprint density at radius 3 is 2.67 bits per heavy atom. The smallest absolute Gasteiger partial charge is 0.0786 e. The van der Waals surface area contributed by atoms with Gasteiger partial charge in [0.05, 0.1) is 5.60 Å².